The Labute approximate surface area is 185 Å². The maximum atomic E-state index is 13.4. The SMILES string of the molecule is N[C@H](c1nc2cc([C@@H](CCl)N3C[C@@H](C(F)(F)F)NC3=O)ccc2o1)C1CCC(F)(F)CC1. The summed E-state index contributed by atoms with van der Waals surface area (Å²) in [5.74, 6) is -2.77. The number of rotatable bonds is 5. The van der Waals surface area contributed by atoms with E-state index in [2.05, 4.69) is 4.98 Å². The van der Waals surface area contributed by atoms with Crippen molar-refractivity contribution in [3.63, 3.8) is 0 Å². The van der Waals surface area contributed by atoms with Gasteiger partial charge >= 0.3 is 12.2 Å². The van der Waals surface area contributed by atoms with E-state index in [0.29, 0.717) is 16.7 Å². The molecule has 2 aromatic rings. The van der Waals surface area contributed by atoms with Crippen molar-refractivity contribution < 1.29 is 31.2 Å². The molecule has 1 aliphatic heterocycles. The van der Waals surface area contributed by atoms with Crippen LogP contribution in [0.3, 0.4) is 0 Å². The average Bonchev–Trinajstić information content (AvgIpc) is 3.32. The van der Waals surface area contributed by atoms with Crippen LogP contribution in [0.4, 0.5) is 26.7 Å². The van der Waals surface area contributed by atoms with Gasteiger partial charge in [0, 0.05) is 18.7 Å². The number of carbonyl (C=O) groups is 1. The minimum atomic E-state index is -4.56. The van der Waals surface area contributed by atoms with Gasteiger partial charge in [-0.05, 0) is 36.5 Å². The number of nitrogens with zero attached hydrogens (tertiary/aromatic N) is 2. The fourth-order valence-electron chi connectivity index (χ4n) is 4.30. The lowest BCUT2D eigenvalue weighted by atomic mass is 9.82. The molecule has 3 atom stereocenters. The zero-order valence-electron chi connectivity index (χ0n) is 16.8. The molecule has 4 rings (SSSR count). The number of fused-ring (bicyclic) bond motifs is 1. The van der Waals surface area contributed by atoms with Gasteiger partial charge in [-0.1, -0.05) is 6.07 Å². The van der Waals surface area contributed by atoms with Gasteiger partial charge in [-0.2, -0.15) is 13.2 Å². The Morgan fingerprint density at radius 1 is 1.31 bits per heavy atom. The molecule has 1 aliphatic carbocycles. The van der Waals surface area contributed by atoms with E-state index in [1.165, 1.54) is 0 Å². The van der Waals surface area contributed by atoms with Crippen LogP contribution in [0.1, 0.15) is 49.2 Å². The highest BCUT2D eigenvalue weighted by Crippen LogP contribution is 2.41. The molecule has 2 aliphatic rings. The first kappa shape index (κ1) is 23.0. The molecule has 32 heavy (non-hydrogen) atoms. The summed E-state index contributed by atoms with van der Waals surface area (Å²) < 4.78 is 71.6. The number of oxazole rings is 1. The number of nitrogens with one attached hydrogen (secondary N) is 1. The standard InChI is InChI=1S/C20H22ClF5N4O2/c21-8-13(30-9-15(20(24,25)26)29-18(30)31)11-1-2-14-12(7-11)28-17(32-14)16(27)10-3-5-19(22,23)6-4-10/h1-2,7,10,13,15-16H,3-6,8-9,27H2,(H,29,31)/t13-,15+,16+/m1/s1. The van der Waals surface area contributed by atoms with Gasteiger partial charge in [0.15, 0.2) is 5.58 Å². The molecular weight excluding hydrogens is 459 g/mol. The van der Waals surface area contributed by atoms with Crippen molar-refractivity contribution in [2.75, 3.05) is 12.4 Å². The molecular formula is C20H22ClF5N4O2. The van der Waals surface area contributed by atoms with Crippen LogP contribution >= 0.6 is 11.6 Å². The number of urea groups is 1. The molecule has 12 heteroatoms. The van der Waals surface area contributed by atoms with Crippen LogP contribution in [0.25, 0.3) is 11.1 Å². The number of aromatic nitrogens is 1. The van der Waals surface area contributed by atoms with Crippen LogP contribution in [0.2, 0.25) is 0 Å². The first-order chi connectivity index (χ1) is 15.0. The highest BCUT2D eigenvalue weighted by molar-refractivity contribution is 6.18. The van der Waals surface area contributed by atoms with Gasteiger partial charge in [0.05, 0.1) is 18.6 Å². The summed E-state index contributed by atoms with van der Waals surface area (Å²) in [6.45, 7) is -0.557. The summed E-state index contributed by atoms with van der Waals surface area (Å²) in [5.41, 5.74) is 7.52. The second-order valence-corrected chi connectivity index (χ2v) is 8.67. The summed E-state index contributed by atoms with van der Waals surface area (Å²) in [7, 11) is 0. The Hall–Kier alpha value is -2.14. The second-order valence-electron chi connectivity index (χ2n) is 8.36. The summed E-state index contributed by atoms with van der Waals surface area (Å²) in [4.78, 5) is 17.6. The highest BCUT2D eigenvalue weighted by atomic mass is 35.5. The van der Waals surface area contributed by atoms with E-state index in [1.54, 1.807) is 18.2 Å². The fraction of sp³-hybridized carbons (Fsp3) is 0.600. The van der Waals surface area contributed by atoms with E-state index in [4.69, 9.17) is 21.8 Å². The van der Waals surface area contributed by atoms with Crippen molar-refractivity contribution in [1.82, 2.24) is 15.2 Å². The molecule has 0 radical (unpaired) electrons. The Morgan fingerprint density at radius 3 is 2.59 bits per heavy atom. The monoisotopic (exact) mass is 480 g/mol. The summed E-state index contributed by atoms with van der Waals surface area (Å²) >= 11 is 6.01. The van der Waals surface area contributed by atoms with Gasteiger partial charge in [-0.15, -0.1) is 11.6 Å². The smallest absolute Gasteiger partial charge is 0.410 e. The van der Waals surface area contributed by atoms with Gasteiger partial charge in [-0.3, -0.25) is 0 Å². The third kappa shape index (κ3) is 4.50. The normalized spacial score (nSPS) is 24.0. The topological polar surface area (TPSA) is 84.4 Å². The predicted molar refractivity (Wildman–Crippen MR) is 106 cm³/mol. The zero-order valence-corrected chi connectivity index (χ0v) is 17.6. The molecule has 2 fully saturated rings. The molecule has 0 spiro atoms. The number of hydrogen-bond acceptors (Lipinski definition) is 4. The Bertz CT molecular complexity index is 988. The second kappa shape index (κ2) is 8.33. The van der Waals surface area contributed by atoms with Crippen molar-refractivity contribution in [2.45, 2.75) is 55.9 Å². The third-order valence-electron chi connectivity index (χ3n) is 6.22. The lowest BCUT2D eigenvalue weighted by Gasteiger charge is -2.30. The third-order valence-corrected chi connectivity index (χ3v) is 6.52. The number of hydrogen-bond donors (Lipinski definition) is 2. The molecule has 176 valence electrons. The number of alkyl halides is 6. The molecule has 0 bridgehead atoms. The molecule has 1 saturated heterocycles. The Kier molecular flexibility index (Phi) is 6.00. The molecule has 1 aromatic heterocycles. The van der Waals surface area contributed by atoms with E-state index < -0.39 is 42.8 Å². The van der Waals surface area contributed by atoms with E-state index >= 15 is 0 Å². The number of amides is 2. The molecule has 2 heterocycles. The van der Waals surface area contributed by atoms with Crippen molar-refractivity contribution in [2.24, 2.45) is 11.7 Å². The quantitative estimate of drug-likeness (QED) is 0.471. The van der Waals surface area contributed by atoms with Crippen LogP contribution in [0.5, 0.6) is 0 Å². The van der Waals surface area contributed by atoms with Crippen molar-refractivity contribution in [3.05, 3.63) is 29.7 Å². The maximum absolute atomic E-state index is 13.4. The number of nitrogens with two attached hydrogens (primary N) is 1. The van der Waals surface area contributed by atoms with Crippen molar-refractivity contribution in [3.8, 4) is 0 Å². The first-order valence-electron chi connectivity index (χ1n) is 10.2. The summed E-state index contributed by atoms with van der Waals surface area (Å²) in [6, 6.07) is 0.498. The highest BCUT2D eigenvalue weighted by Gasteiger charge is 2.48. The van der Waals surface area contributed by atoms with Crippen molar-refractivity contribution in [1.29, 1.82) is 0 Å². The predicted octanol–water partition coefficient (Wildman–Crippen LogP) is 4.89. The van der Waals surface area contributed by atoms with Crippen LogP contribution in [-0.4, -0.2) is 46.5 Å². The lowest BCUT2D eigenvalue weighted by molar-refractivity contribution is -0.150. The van der Waals surface area contributed by atoms with E-state index in [-0.39, 0.29) is 43.4 Å². The first-order valence-corrected chi connectivity index (χ1v) is 10.8. The minimum absolute atomic E-state index is 0.121. The average molecular weight is 481 g/mol. The van der Waals surface area contributed by atoms with E-state index in [1.807, 2.05) is 5.32 Å². The summed E-state index contributed by atoms with van der Waals surface area (Å²) in [5, 5.41) is 1.93. The largest absolute Gasteiger partial charge is 0.439 e. The van der Waals surface area contributed by atoms with Crippen LogP contribution in [-0.2, 0) is 0 Å². The molecule has 2 amide bonds. The Morgan fingerprint density at radius 2 is 2.00 bits per heavy atom. The lowest BCUT2D eigenvalue weighted by Crippen LogP contribution is -2.40. The van der Waals surface area contributed by atoms with Crippen molar-refractivity contribution >= 4 is 28.7 Å². The van der Waals surface area contributed by atoms with Gasteiger partial charge in [0.2, 0.25) is 11.8 Å². The molecule has 3 N–H and O–H groups in total. The van der Waals surface area contributed by atoms with Gasteiger partial charge < -0.3 is 20.4 Å². The van der Waals surface area contributed by atoms with Gasteiger partial charge in [-0.25, -0.2) is 18.6 Å². The van der Waals surface area contributed by atoms with Crippen LogP contribution < -0.4 is 11.1 Å². The number of carbonyl (C=O) groups excluding carboxylic acids is 1. The molecule has 0 unspecified atom stereocenters. The fourth-order valence-corrected chi connectivity index (χ4v) is 4.64. The zero-order chi connectivity index (χ0) is 23.3. The van der Waals surface area contributed by atoms with Crippen LogP contribution in [0, 0.1) is 5.92 Å². The Balaban J connectivity index is 1.54. The number of halogens is 6. The van der Waals surface area contributed by atoms with Crippen LogP contribution in [0.15, 0.2) is 22.6 Å². The molecule has 1 aromatic carbocycles. The minimum Gasteiger partial charge on any atom is -0.439 e. The molecule has 6 nitrogen and oxygen atoms in total. The maximum Gasteiger partial charge on any atom is 0.410 e. The summed E-state index contributed by atoms with van der Waals surface area (Å²) in [6.07, 6.45) is -4.51. The van der Waals surface area contributed by atoms with Gasteiger partial charge in [0.25, 0.3) is 0 Å². The van der Waals surface area contributed by atoms with Gasteiger partial charge in [0.1, 0.15) is 11.6 Å². The number of benzene rings is 1. The van der Waals surface area contributed by atoms with E-state index in [9.17, 15) is 26.7 Å². The molecule has 1 saturated carbocycles. The van der Waals surface area contributed by atoms with E-state index in [0.717, 1.165) is 4.90 Å².